The zero-order valence-corrected chi connectivity index (χ0v) is 9.70. The van der Waals surface area contributed by atoms with Gasteiger partial charge >= 0.3 is 6.03 Å². The van der Waals surface area contributed by atoms with Gasteiger partial charge in [0.15, 0.2) is 0 Å². The predicted molar refractivity (Wildman–Crippen MR) is 64.6 cm³/mol. The number of nitrogens with zero attached hydrogens (tertiary/aromatic N) is 1. The van der Waals surface area contributed by atoms with E-state index in [-0.39, 0.29) is 5.84 Å². The van der Waals surface area contributed by atoms with Crippen LogP contribution in [0.25, 0.3) is 0 Å². The van der Waals surface area contributed by atoms with E-state index in [4.69, 9.17) is 11.1 Å². The molecule has 0 aliphatic heterocycles. The lowest BCUT2D eigenvalue weighted by Gasteiger charge is -2.24. The van der Waals surface area contributed by atoms with Gasteiger partial charge in [-0.2, -0.15) is 0 Å². The first-order chi connectivity index (χ1) is 7.91. The Hall–Kier alpha value is -2.11. The third kappa shape index (κ3) is 3.44. The van der Waals surface area contributed by atoms with E-state index in [0.29, 0.717) is 5.69 Å². The number of benzene rings is 1. The van der Waals surface area contributed by atoms with Crippen LogP contribution in [0.1, 0.15) is 6.92 Å². The SMILES string of the molecule is CC(C(=N)N)N(C)C(=O)Nc1cccc(F)c1. The minimum Gasteiger partial charge on any atom is -0.386 e. The number of nitrogens with two attached hydrogens (primary N) is 1. The summed E-state index contributed by atoms with van der Waals surface area (Å²) >= 11 is 0. The van der Waals surface area contributed by atoms with Crippen molar-refractivity contribution in [3.8, 4) is 0 Å². The number of carbonyl (C=O) groups excluding carboxylic acids is 1. The number of rotatable bonds is 3. The van der Waals surface area contributed by atoms with Crippen LogP contribution in [-0.4, -0.2) is 29.9 Å². The molecule has 0 radical (unpaired) electrons. The van der Waals surface area contributed by atoms with Crippen molar-refractivity contribution in [1.29, 1.82) is 5.41 Å². The zero-order chi connectivity index (χ0) is 13.0. The fourth-order valence-electron chi connectivity index (χ4n) is 1.16. The number of hydrogen-bond donors (Lipinski definition) is 3. The molecule has 1 aromatic rings. The van der Waals surface area contributed by atoms with Crippen molar-refractivity contribution in [2.24, 2.45) is 5.73 Å². The summed E-state index contributed by atoms with van der Waals surface area (Å²) in [5.74, 6) is -0.535. The van der Waals surface area contributed by atoms with Gasteiger partial charge in [-0.3, -0.25) is 5.41 Å². The second-order valence-corrected chi connectivity index (χ2v) is 3.68. The summed E-state index contributed by atoms with van der Waals surface area (Å²) in [6.45, 7) is 1.63. The average molecular weight is 238 g/mol. The van der Waals surface area contributed by atoms with Crippen LogP contribution in [0.3, 0.4) is 0 Å². The maximum Gasteiger partial charge on any atom is 0.322 e. The monoisotopic (exact) mass is 238 g/mol. The second kappa shape index (κ2) is 5.29. The number of amidine groups is 1. The highest BCUT2D eigenvalue weighted by Gasteiger charge is 2.17. The normalized spacial score (nSPS) is 11.7. The second-order valence-electron chi connectivity index (χ2n) is 3.68. The van der Waals surface area contributed by atoms with Crippen LogP contribution >= 0.6 is 0 Å². The Morgan fingerprint density at radius 2 is 2.24 bits per heavy atom. The van der Waals surface area contributed by atoms with Crippen LogP contribution in [-0.2, 0) is 0 Å². The highest BCUT2D eigenvalue weighted by molar-refractivity contribution is 5.93. The van der Waals surface area contributed by atoms with E-state index >= 15 is 0 Å². The molecule has 1 rings (SSSR count). The Labute approximate surface area is 98.9 Å². The first-order valence-corrected chi connectivity index (χ1v) is 5.05. The van der Waals surface area contributed by atoms with Gasteiger partial charge in [-0.25, -0.2) is 9.18 Å². The summed E-state index contributed by atoms with van der Waals surface area (Å²) in [5.41, 5.74) is 5.65. The third-order valence-electron chi connectivity index (χ3n) is 2.43. The fourth-order valence-corrected chi connectivity index (χ4v) is 1.16. The first-order valence-electron chi connectivity index (χ1n) is 5.05. The average Bonchev–Trinajstić information content (AvgIpc) is 2.26. The number of halogens is 1. The van der Waals surface area contributed by atoms with Crippen molar-refractivity contribution >= 4 is 17.6 Å². The Bertz CT molecular complexity index is 435. The lowest BCUT2D eigenvalue weighted by molar-refractivity contribution is 0.218. The summed E-state index contributed by atoms with van der Waals surface area (Å²) < 4.78 is 12.9. The molecule has 4 N–H and O–H groups in total. The summed E-state index contributed by atoms with van der Waals surface area (Å²) in [6, 6.07) is 4.62. The smallest absolute Gasteiger partial charge is 0.322 e. The molecule has 1 aromatic carbocycles. The molecule has 0 saturated carbocycles. The Kier molecular flexibility index (Phi) is 4.03. The minimum absolute atomic E-state index is 0.109. The Balaban J connectivity index is 2.69. The molecule has 1 atom stereocenters. The van der Waals surface area contributed by atoms with Gasteiger partial charge in [0.05, 0.1) is 6.04 Å². The van der Waals surface area contributed by atoms with Gasteiger partial charge < -0.3 is 16.0 Å². The Morgan fingerprint density at radius 1 is 1.59 bits per heavy atom. The van der Waals surface area contributed by atoms with Crippen LogP contribution in [0.2, 0.25) is 0 Å². The van der Waals surface area contributed by atoms with Gasteiger partial charge in [0.25, 0.3) is 0 Å². The van der Waals surface area contributed by atoms with E-state index in [1.807, 2.05) is 0 Å². The largest absolute Gasteiger partial charge is 0.386 e. The molecular formula is C11H15FN4O. The molecule has 0 spiro atoms. The van der Waals surface area contributed by atoms with Crippen molar-refractivity contribution in [2.75, 3.05) is 12.4 Å². The molecule has 0 aliphatic rings. The molecule has 2 amide bonds. The molecule has 92 valence electrons. The first kappa shape index (κ1) is 13.0. The van der Waals surface area contributed by atoms with E-state index in [1.165, 1.54) is 30.1 Å². The van der Waals surface area contributed by atoms with E-state index in [0.717, 1.165) is 0 Å². The fraction of sp³-hybridized carbons (Fsp3) is 0.273. The zero-order valence-electron chi connectivity index (χ0n) is 9.70. The van der Waals surface area contributed by atoms with Crippen LogP contribution in [0.5, 0.6) is 0 Å². The van der Waals surface area contributed by atoms with Gasteiger partial charge in [-0.1, -0.05) is 6.07 Å². The third-order valence-corrected chi connectivity index (χ3v) is 2.43. The molecule has 0 heterocycles. The van der Waals surface area contributed by atoms with Gasteiger partial charge in [0.2, 0.25) is 0 Å². The molecular weight excluding hydrogens is 223 g/mol. The molecule has 17 heavy (non-hydrogen) atoms. The van der Waals surface area contributed by atoms with Gasteiger partial charge in [-0.15, -0.1) is 0 Å². The topological polar surface area (TPSA) is 82.2 Å². The number of urea groups is 1. The van der Waals surface area contributed by atoms with E-state index < -0.39 is 17.9 Å². The maximum atomic E-state index is 12.9. The predicted octanol–water partition coefficient (Wildman–Crippen LogP) is 1.61. The van der Waals surface area contributed by atoms with Gasteiger partial charge in [-0.05, 0) is 25.1 Å². The molecule has 0 aliphatic carbocycles. The van der Waals surface area contributed by atoms with Crippen molar-refractivity contribution in [1.82, 2.24) is 4.90 Å². The number of anilines is 1. The molecule has 0 bridgehead atoms. The maximum absolute atomic E-state index is 12.9. The highest BCUT2D eigenvalue weighted by Crippen LogP contribution is 2.10. The highest BCUT2D eigenvalue weighted by atomic mass is 19.1. The quantitative estimate of drug-likeness (QED) is 0.552. The summed E-state index contributed by atoms with van der Waals surface area (Å²) in [5, 5.41) is 9.75. The number of carbonyl (C=O) groups is 1. The van der Waals surface area contributed by atoms with Crippen molar-refractivity contribution in [3.63, 3.8) is 0 Å². The van der Waals surface area contributed by atoms with Crippen LogP contribution in [0.15, 0.2) is 24.3 Å². The number of amides is 2. The number of hydrogen-bond acceptors (Lipinski definition) is 2. The van der Waals surface area contributed by atoms with E-state index in [1.54, 1.807) is 13.0 Å². The lowest BCUT2D eigenvalue weighted by atomic mass is 10.3. The number of nitrogens with one attached hydrogen (secondary N) is 2. The van der Waals surface area contributed by atoms with Crippen molar-refractivity contribution in [3.05, 3.63) is 30.1 Å². The van der Waals surface area contributed by atoms with Crippen molar-refractivity contribution < 1.29 is 9.18 Å². The molecule has 0 aromatic heterocycles. The molecule has 6 heteroatoms. The number of likely N-dealkylation sites (N-methyl/N-ethyl adjacent to an activating group) is 1. The van der Waals surface area contributed by atoms with Crippen LogP contribution < -0.4 is 11.1 Å². The molecule has 5 nitrogen and oxygen atoms in total. The summed E-state index contributed by atoms with van der Waals surface area (Å²) in [7, 11) is 1.51. The van der Waals surface area contributed by atoms with Gasteiger partial charge in [0.1, 0.15) is 11.7 Å². The molecule has 0 fully saturated rings. The van der Waals surface area contributed by atoms with Gasteiger partial charge in [0, 0.05) is 12.7 Å². The molecule has 0 saturated heterocycles. The minimum atomic E-state index is -0.511. The lowest BCUT2D eigenvalue weighted by Crippen LogP contribution is -2.45. The standard InChI is InChI=1S/C11H15FN4O/c1-7(10(13)14)16(2)11(17)15-9-5-3-4-8(12)6-9/h3-7H,1-2H3,(H3,13,14)(H,15,17). The van der Waals surface area contributed by atoms with Crippen molar-refractivity contribution in [2.45, 2.75) is 13.0 Å². The van der Waals surface area contributed by atoms with Crippen LogP contribution in [0, 0.1) is 11.2 Å². The Morgan fingerprint density at radius 3 is 2.76 bits per heavy atom. The summed E-state index contributed by atoms with van der Waals surface area (Å²) in [4.78, 5) is 13.0. The van der Waals surface area contributed by atoms with E-state index in [2.05, 4.69) is 5.32 Å². The summed E-state index contributed by atoms with van der Waals surface area (Å²) in [6.07, 6.45) is 0. The van der Waals surface area contributed by atoms with E-state index in [9.17, 15) is 9.18 Å². The molecule has 1 unspecified atom stereocenters. The van der Waals surface area contributed by atoms with Crippen LogP contribution in [0.4, 0.5) is 14.9 Å².